The van der Waals surface area contributed by atoms with E-state index in [4.69, 9.17) is 0 Å². The first kappa shape index (κ1) is 13.0. The van der Waals surface area contributed by atoms with Gasteiger partial charge in [0.2, 0.25) is 0 Å². The lowest BCUT2D eigenvalue weighted by atomic mass is 10.0. The number of benzene rings is 2. The average molecular weight is 376 g/mol. The summed E-state index contributed by atoms with van der Waals surface area (Å²) in [5.74, 6) is -0.414. The Morgan fingerprint density at radius 1 is 0.556 bits per heavy atom. The molecule has 94 valence electrons. The third-order valence-corrected chi connectivity index (χ3v) is 3.69. The SMILES string of the molecule is Oc1cc(-c2cc(O)c(Br)cc2O)c(O)cc1Br. The van der Waals surface area contributed by atoms with Crippen LogP contribution in [0.3, 0.4) is 0 Å². The minimum atomic E-state index is -0.128. The minimum Gasteiger partial charge on any atom is -0.507 e. The minimum absolute atomic E-state index is 0.0791. The van der Waals surface area contributed by atoms with Gasteiger partial charge >= 0.3 is 0 Å². The van der Waals surface area contributed by atoms with E-state index in [9.17, 15) is 20.4 Å². The summed E-state index contributed by atoms with van der Waals surface area (Å²) < 4.78 is 0.675. The summed E-state index contributed by atoms with van der Waals surface area (Å²) in [4.78, 5) is 0. The Balaban J connectivity index is 2.69. The van der Waals surface area contributed by atoms with Gasteiger partial charge in [0, 0.05) is 11.1 Å². The van der Waals surface area contributed by atoms with Crippen molar-refractivity contribution in [3.8, 4) is 34.1 Å². The molecule has 0 aliphatic rings. The molecule has 0 amide bonds. The summed E-state index contributed by atoms with van der Waals surface area (Å²) in [5.41, 5.74) is 0.437. The monoisotopic (exact) mass is 374 g/mol. The third-order valence-electron chi connectivity index (χ3n) is 2.42. The fourth-order valence-corrected chi connectivity index (χ4v) is 2.20. The largest absolute Gasteiger partial charge is 0.507 e. The van der Waals surface area contributed by atoms with Crippen LogP contribution in [0.5, 0.6) is 23.0 Å². The molecule has 0 saturated carbocycles. The van der Waals surface area contributed by atoms with E-state index in [2.05, 4.69) is 31.9 Å². The molecule has 2 aromatic carbocycles. The smallest absolute Gasteiger partial charge is 0.130 e. The van der Waals surface area contributed by atoms with Crippen LogP contribution in [-0.2, 0) is 0 Å². The number of rotatable bonds is 1. The van der Waals surface area contributed by atoms with E-state index in [1.807, 2.05) is 0 Å². The van der Waals surface area contributed by atoms with Gasteiger partial charge in [-0.3, -0.25) is 0 Å². The molecule has 2 rings (SSSR count). The molecule has 0 unspecified atom stereocenters. The average Bonchev–Trinajstić information content (AvgIpc) is 2.29. The van der Waals surface area contributed by atoms with Gasteiger partial charge < -0.3 is 20.4 Å². The van der Waals surface area contributed by atoms with Crippen LogP contribution >= 0.6 is 31.9 Å². The molecule has 0 fully saturated rings. The number of phenolic OH excluding ortho intramolecular Hbond substituents is 4. The number of halogens is 2. The van der Waals surface area contributed by atoms with Gasteiger partial charge in [-0.1, -0.05) is 0 Å². The Morgan fingerprint density at radius 3 is 1.22 bits per heavy atom. The van der Waals surface area contributed by atoms with E-state index < -0.39 is 0 Å². The quantitative estimate of drug-likeness (QED) is 0.573. The van der Waals surface area contributed by atoms with Gasteiger partial charge in [0.15, 0.2) is 0 Å². The van der Waals surface area contributed by atoms with Gasteiger partial charge in [-0.15, -0.1) is 0 Å². The molecule has 18 heavy (non-hydrogen) atoms. The third kappa shape index (κ3) is 2.26. The highest BCUT2D eigenvalue weighted by Gasteiger charge is 2.14. The van der Waals surface area contributed by atoms with Crippen LogP contribution < -0.4 is 0 Å². The van der Waals surface area contributed by atoms with Gasteiger partial charge in [0.05, 0.1) is 8.95 Å². The highest BCUT2D eigenvalue weighted by molar-refractivity contribution is 9.10. The first-order valence-corrected chi connectivity index (χ1v) is 6.42. The van der Waals surface area contributed by atoms with Crippen LogP contribution in [0.25, 0.3) is 11.1 Å². The molecule has 0 bridgehead atoms. The maximum absolute atomic E-state index is 9.81. The zero-order valence-corrected chi connectivity index (χ0v) is 12.0. The van der Waals surface area contributed by atoms with Gasteiger partial charge in [0.25, 0.3) is 0 Å². The van der Waals surface area contributed by atoms with E-state index >= 15 is 0 Å². The van der Waals surface area contributed by atoms with Crippen molar-refractivity contribution in [2.24, 2.45) is 0 Å². The molecule has 0 radical (unpaired) electrons. The highest BCUT2D eigenvalue weighted by Crippen LogP contribution is 2.43. The Kier molecular flexibility index (Phi) is 3.41. The molecule has 2 aromatic rings. The Hall–Kier alpha value is -1.40. The highest BCUT2D eigenvalue weighted by atomic mass is 79.9. The van der Waals surface area contributed by atoms with Crippen molar-refractivity contribution in [2.45, 2.75) is 0 Å². The molecule has 0 aromatic heterocycles. The first-order chi connectivity index (χ1) is 8.40. The Labute approximate surface area is 119 Å². The summed E-state index contributed by atoms with van der Waals surface area (Å²) in [5, 5.41) is 38.8. The van der Waals surface area contributed by atoms with Crippen LogP contribution in [0.1, 0.15) is 0 Å². The van der Waals surface area contributed by atoms with Crippen LogP contribution in [-0.4, -0.2) is 20.4 Å². The maximum Gasteiger partial charge on any atom is 0.130 e. The van der Waals surface area contributed by atoms with Gasteiger partial charge in [-0.2, -0.15) is 0 Å². The lowest BCUT2D eigenvalue weighted by molar-refractivity contribution is 0.452. The molecule has 0 heterocycles. The van der Waals surface area contributed by atoms with Crippen molar-refractivity contribution in [1.82, 2.24) is 0 Å². The summed E-state index contributed by atoms with van der Waals surface area (Å²) in [7, 11) is 0. The van der Waals surface area contributed by atoms with E-state index in [0.717, 1.165) is 0 Å². The van der Waals surface area contributed by atoms with Crippen molar-refractivity contribution < 1.29 is 20.4 Å². The summed E-state index contributed by atoms with van der Waals surface area (Å²) in [6.07, 6.45) is 0. The van der Waals surface area contributed by atoms with Crippen LogP contribution in [0.4, 0.5) is 0 Å². The predicted octanol–water partition coefficient (Wildman–Crippen LogP) is 3.70. The van der Waals surface area contributed by atoms with Crippen molar-refractivity contribution in [1.29, 1.82) is 0 Å². The molecular weight excluding hydrogens is 368 g/mol. The molecular formula is C12H8Br2O4. The maximum atomic E-state index is 9.81. The zero-order chi connectivity index (χ0) is 13.4. The molecule has 0 aliphatic heterocycles. The van der Waals surface area contributed by atoms with Crippen LogP contribution in [0.2, 0.25) is 0 Å². The summed E-state index contributed by atoms with van der Waals surface area (Å²) in [6.45, 7) is 0. The van der Waals surface area contributed by atoms with E-state index in [-0.39, 0.29) is 34.1 Å². The first-order valence-electron chi connectivity index (χ1n) is 4.83. The second kappa shape index (κ2) is 4.70. The second-order valence-corrected chi connectivity index (χ2v) is 5.35. The lowest BCUT2D eigenvalue weighted by Crippen LogP contribution is -1.83. The van der Waals surface area contributed by atoms with Crippen molar-refractivity contribution in [2.75, 3.05) is 0 Å². The zero-order valence-electron chi connectivity index (χ0n) is 8.85. The number of hydrogen-bond donors (Lipinski definition) is 4. The molecule has 6 heteroatoms. The summed E-state index contributed by atoms with van der Waals surface area (Å²) >= 11 is 6.14. The number of aromatic hydroxyl groups is 4. The normalized spacial score (nSPS) is 10.6. The predicted molar refractivity (Wildman–Crippen MR) is 73.9 cm³/mol. The van der Waals surface area contributed by atoms with Crippen molar-refractivity contribution in [3.05, 3.63) is 33.2 Å². The van der Waals surface area contributed by atoms with Gasteiger partial charge in [-0.05, 0) is 56.1 Å². The van der Waals surface area contributed by atoms with Crippen molar-refractivity contribution in [3.63, 3.8) is 0 Å². The van der Waals surface area contributed by atoms with Crippen LogP contribution in [0.15, 0.2) is 33.2 Å². The molecule has 4 nitrogen and oxygen atoms in total. The van der Waals surface area contributed by atoms with Crippen LogP contribution in [0, 0.1) is 0 Å². The topological polar surface area (TPSA) is 80.9 Å². The molecule has 0 atom stereocenters. The second-order valence-electron chi connectivity index (χ2n) is 3.64. The molecule has 0 aliphatic carbocycles. The fourth-order valence-electron chi connectivity index (χ4n) is 1.53. The van der Waals surface area contributed by atoms with Gasteiger partial charge in [0.1, 0.15) is 23.0 Å². The molecule has 4 N–H and O–H groups in total. The standard InChI is InChI=1S/C12H8Br2O4/c13-7-3-9(15)5(1-11(7)17)6-2-12(18)8(14)4-10(6)16/h1-4,15-18H. The van der Waals surface area contributed by atoms with Gasteiger partial charge in [-0.25, -0.2) is 0 Å². The Bertz CT molecular complexity index is 570. The van der Waals surface area contributed by atoms with E-state index in [1.165, 1.54) is 24.3 Å². The molecule has 0 spiro atoms. The fraction of sp³-hybridized carbons (Fsp3) is 0. The van der Waals surface area contributed by atoms with E-state index in [0.29, 0.717) is 8.95 Å². The number of hydrogen-bond acceptors (Lipinski definition) is 4. The summed E-state index contributed by atoms with van der Waals surface area (Å²) in [6, 6.07) is 5.20. The molecule has 0 saturated heterocycles. The Morgan fingerprint density at radius 2 is 0.889 bits per heavy atom. The van der Waals surface area contributed by atoms with Crippen molar-refractivity contribution >= 4 is 31.9 Å². The lowest BCUT2D eigenvalue weighted by Gasteiger charge is -2.10. The number of phenols is 4. The van der Waals surface area contributed by atoms with E-state index in [1.54, 1.807) is 0 Å².